The van der Waals surface area contributed by atoms with Crippen molar-refractivity contribution in [3.8, 4) is 5.75 Å². The molecule has 2 atom stereocenters. The van der Waals surface area contributed by atoms with Crippen LogP contribution in [0.1, 0.15) is 43.4 Å². The number of halogens is 1. The molecule has 2 heterocycles. The van der Waals surface area contributed by atoms with Crippen LogP contribution in [0.4, 0.5) is 0 Å². The number of carboxylic acid groups (broad SMARTS) is 1. The van der Waals surface area contributed by atoms with Gasteiger partial charge in [0, 0.05) is 34.6 Å². The number of benzene rings is 2. The zero-order valence-electron chi connectivity index (χ0n) is 21.5. The molecule has 8 nitrogen and oxygen atoms in total. The summed E-state index contributed by atoms with van der Waals surface area (Å²) in [6, 6.07) is 9.72. The van der Waals surface area contributed by atoms with Crippen LogP contribution in [-0.4, -0.2) is 36.3 Å². The van der Waals surface area contributed by atoms with Crippen LogP contribution in [0.3, 0.4) is 0 Å². The number of carboxylic acids is 1. The number of carbonyl (C=O) groups is 1. The van der Waals surface area contributed by atoms with Crippen LogP contribution in [0.15, 0.2) is 52.2 Å². The average Bonchev–Trinajstić information content (AvgIpc) is 3.21. The van der Waals surface area contributed by atoms with E-state index in [0.717, 1.165) is 37.4 Å². The fourth-order valence-corrected chi connectivity index (χ4v) is 5.48. The number of aromatic nitrogens is 3. The quantitative estimate of drug-likeness (QED) is 0.202. The highest BCUT2D eigenvalue weighted by Gasteiger charge is 2.26. The largest absolute Gasteiger partial charge is 0.497 e. The summed E-state index contributed by atoms with van der Waals surface area (Å²) >= 11 is 2.31. The molecule has 1 unspecified atom stereocenters. The first-order valence-electron chi connectivity index (χ1n) is 12.3. The van der Waals surface area contributed by atoms with E-state index in [1.807, 2.05) is 42.9 Å². The lowest BCUT2D eigenvalue weighted by molar-refractivity contribution is -0.141. The molecule has 0 saturated heterocycles. The van der Waals surface area contributed by atoms with Crippen molar-refractivity contribution in [1.29, 1.82) is 0 Å². The first-order valence-corrected chi connectivity index (χ1v) is 13.9. The van der Waals surface area contributed by atoms with Gasteiger partial charge in [0.05, 0.1) is 24.6 Å². The Morgan fingerprint density at radius 2 is 1.89 bits per heavy atom. The second kappa shape index (κ2) is 11.1. The van der Waals surface area contributed by atoms with Crippen molar-refractivity contribution in [2.75, 3.05) is 11.5 Å². The molecular weight excluding hydrogens is 585 g/mol. The van der Waals surface area contributed by atoms with E-state index in [-0.39, 0.29) is 18.4 Å². The maximum Gasteiger partial charge on any atom is 0.332 e. The number of nitrogens with zero attached hydrogens (tertiary/aromatic N) is 3. The average molecular weight is 617 g/mol. The minimum Gasteiger partial charge on any atom is -0.497 e. The summed E-state index contributed by atoms with van der Waals surface area (Å²) in [6.45, 7) is 4.31. The standard InChI is InChI=1S/C28H32IN3O5/c1-17(14-29)7-5-10-23(27(34)35)32-26(33)21-12-11-20(37-4)13-24(21)31(28(32)36)16-19-15-30(3)22-9-6-8-18(2)25(19)22/h6,8-9,11-13,15,17,23H,5,7,10,14,16H2,1-4H3,(H,34,35)/t17?,23-/m0/s1. The Kier molecular flexibility index (Phi) is 8.11. The summed E-state index contributed by atoms with van der Waals surface area (Å²) in [7, 11) is 3.48. The predicted octanol–water partition coefficient (Wildman–Crippen LogP) is 4.89. The van der Waals surface area contributed by atoms with Crippen molar-refractivity contribution in [3.63, 3.8) is 0 Å². The van der Waals surface area contributed by atoms with Crippen molar-refractivity contribution in [2.45, 2.75) is 45.7 Å². The number of hydrogen-bond donors (Lipinski definition) is 1. The van der Waals surface area contributed by atoms with Gasteiger partial charge in [0.1, 0.15) is 11.8 Å². The molecule has 4 aromatic rings. The van der Waals surface area contributed by atoms with Gasteiger partial charge in [-0.2, -0.15) is 0 Å². The van der Waals surface area contributed by atoms with E-state index in [1.54, 1.807) is 18.2 Å². The molecule has 0 fully saturated rings. The Morgan fingerprint density at radius 1 is 1.14 bits per heavy atom. The van der Waals surface area contributed by atoms with Gasteiger partial charge >= 0.3 is 11.7 Å². The van der Waals surface area contributed by atoms with E-state index in [4.69, 9.17) is 4.74 Å². The minimum atomic E-state index is -1.24. The van der Waals surface area contributed by atoms with Gasteiger partial charge in [-0.05, 0) is 55.0 Å². The molecule has 0 saturated carbocycles. The summed E-state index contributed by atoms with van der Waals surface area (Å²) in [4.78, 5) is 39.9. The number of aryl methyl sites for hydroxylation is 2. The minimum absolute atomic E-state index is 0.184. The molecule has 0 bridgehead atoms. The Balaban J connectivity index is 1.93. The lowest BCUT2D eigenvalue weighted by Gasteiger charge is -2.20. The van der Waals surface area contributed by atoms with Crippen molar-refractivity contribution < 1.29 is 14.6 Å². The third-order valence-corrected chi connectivity index (χ3v) is 8.55. The van der Waals surface area contributed by atoms with Gasteiger partial charge in [-0.15, -0.1) is 0 Å². The summed E-state index contributed by atoms with van der Waals surface area (Å²) in [5.74, 6) is -0.238. The van der Waals surface area contributed by atoms with Crippen molar-refractivity contribution in [2.24, 2.45) is 13.0 Å². The third kappa shape index (κ3) is 5.18. The van der Waals surface area contributed by atoms with Crippen LogP contribution in [0, 0.1) is 12.8 Å². The molecule has 37 heavy (non-hydrogen) atoms. The molecule has 0 spiro atoms. The molecule has 2 aromatic heterocycles. The van der Waals surface area contributed by atoms with Crippen molar-refractivity contribution in [1.82, 2.24) is 13.7 Å². The highest BCUT2D eigenvalue weighted by Crippen LogP contribution is 2.26. The molecule has 196 valence electrons. The molecule has 0 aliphatic carbocycles. The van der Waals surface area contributed by atoms with Gasteiger partial charge in [0.2, 0.25) is 0 Å². The number of aliphatic carboxylic acids is 1. The summed E-state index contributed by atoms with van der Waals surface area (Å²) in [5.41, 5.74) is 2.21. The maximum absolute atomic E-state index is 13.9. The summed E-state index contributed by atoms with van der Waals surface area (Å²) in [5, 5.41) is 11.4. The van der Waals surface area contributed by atoms with Crippen LogP contribution in [-0.2, 0) is 18.4 Å². The summed E-state index contributed by atoms with van der Waals surface area (Å²) < 4.78 is 10.8. The van der Waals surface area contributed by atoms with E-state index < -0.39 is 23.3 Å². The zero-order chi connectivity index (χ0) is 26.9. The molecule has 9 heteroatoms. The highest BCUT2D eigenvalue weighted by molar-refractivity contribution is 14.1. The van der Waals surface area contributed by atoms with E-state index in [0.29, 0.717) is 23.6 Å². The molecule has 4 rings (SSSR count). The molecule has 0 radical (unpaired) electrons. The van der Waals surface area contributed by atoms with Crippen molar-refractivity contribution in [3.05, 3.63) is 74.6 Å². The number of alkyl halides is 1. The fraction of sp³-hybridized carbons (Fsp3) is 0.393. The monoisotopic (exact) mass is 617 g/mol. The Hall–Kier alpha value is -3.08. The van der Waals surface area contributed by atoms with Gasteiger partial charge in [-0.3, -0.25) is 9.36 Å². The lowest BCUT2D eigenvalue weighted by Crippen LogP contribution is -2.44. The van der Waals surface area contributed by atoms with Crippen LogP contribution in [0.25, 0.3) is 21.8 Å². The van der Waals surface area contributed by atoms with Crippen LogP contribution in [0.5, 0.6) is 5.75 Å². The van der Waals surface area contributed by atoms with Crippen LogP contribution < -0.4 is 16.0 Å². The van der Waals surface area contributed by atoms with Gasteiger partial charge in [-0.1, -0.05) is 48.1 Å². The van der Waals surface area contributed by atoms with E-state index >= 15 is 0 Å². The van der Waals surface area contributed by atoms with Gasteiger partial charge < -0.3 is 14.4 Å². The van der Waals surface area contributed by atoms with E-state index in [2.05, 4.69) is 29.5 Å². The molecule has 2 aromatic carbocycles. The SMILES string of the molecule is COc1ccc2c(=O)n([C@@H](CCCC(C)CI)C(=O)O)c(=O)n(Cc3cn(C)c4cccc(C)c34)c2c1. The normalized spacial score (nSPS) is 13.2. The Morgan fingerprint density at radius 3 is 2.57 bits per heavy atom. The maximum atomic E-state index is 13.9. The van der Waals surface area contributed by atoms with Gasteiger partial charge in [0.25, 0.3) is 5.56 Å². The molecule has 0 aliphatic rings. The predicted molar refractivity (Wildman–Crippen MR) is 154 cm³/mol. The molecule has 0 aliphatic heterocycles. The molecule has 1 N–H and O–H groups in total. The highest BCUT2D eigenvalue weighted by atomic mass is 127. The second-order valence-corrected chi connectivity index (χ2v) is 10.6. The second-order valence-electron chi connectivity index (χ2n) is 9.71. The number of hydrogen-bond acceptors (Lipinski definition) is 4. The Labute approximate surface area is 228 Å². The van der Waals surface area contributed by atoms with E-state index in [1.165, 1.54) is 11.7 Å². The number of ether oxygens (including phenoxy) is 1. The third-order valence-electron chi connectivity index (χ3n) is 7.05. The number of rotatable bonds is 10. The first-order chi connectivity index (χ1) is 17.7. The Bertz CT molecular complexity index is 1580. The van der Waals surface area contributed by atoms with Gasteiger partial charge in [0.15, 0.2) is 0 Å². The van der Waals surface area contributed by atoms with Crippen LogP contribution in [0.2, 0.25) is 0 Å². The topological polar surface area (TPSA) is 95.5 Å². The van der Waals surface area contributed by atoms with Crippen LogP contribution >= 0.6 is 22.6 Å². The smallest absolute Gasteiger partial charge is 0.332 e. The molecule has 0 amide bonds. The molecular formula is C28H32IN3O5. The zero-order valence-corrected chi connectivity index (χ0v) is 23.7. The van der Waals surface area contributed by atoms with Gasteiger partial charge in [-0.25, -0.2) is 14.2 Å². The lowest BCUT2D eigenvalue weighted by atomic mass is 10.0. The number of methoxy groups -OCH3 is 1. The van der Waals surface area contributed by atoms with E-state index in [9.17, 15) is 19.5 Å². The fourth-order valence-electron chi connectivity index (χ4n) is 5.04. The van der Waals surface area contributed by atoms with Crippen molar-refractivity contribution >= 4 is 50.4 Å². The number of fused-ring (bicyclic) bond motifs is 2. The first kappa shape index (κ1) is 27.0. The summed E-state index contributed by atoms with van der Waals surface area (Å²) in [6.07, 6.45) is 3.62.